The van der Waals surface area contributed by atoms with Crippen LogP contribution < -0.4 is 19.7 Å². The SMILES string of the molecule is COc1cc(-c2cccc(NSCCCF)c2F)cc2c(N3CCOCC3)nc(-c3ccc(NC(C)=O)cc3)nc12. The average Bonchev–Trinajstić information content (AvgIpc) is 2.99. The van der Waals surface area contributed by atoms with E-state index in [0.717, 1.165) is 10.9 Å². The Hall–Kier alpha value is -3.96. The van der Waals surface area contributed by atoms with Gasteiger partial charge in [-0.15, -0.1) is 0 Å². The van der Waals surface area contributed by atoms with E-state index in [0.29, 0.717) is 83.9 Å². The molecule has 3 aromatic carbocycles. The summed E-state index contributed by atoms with van der Waals surface area (Å²) < 4.78 is 42.5. The Morgan fingerprint density at radius 3 is 2.59 bits per heavy atom. The first-order chi connectivity index (χ1) is 20.0. The summed E-state index contributed by atoms with van der Waals surface area (Å²) in [5.41, 5.74) is 3.40. The molecule has 11 heteroatoms. The van der Waals surface area contributed by atoms with Gasteiger partial charge in [-0.3, -0.25) is 9.18 Å². The van der Waals surface area contributed by atoms with E-state index < -0.39 is 12.5 Å². The molecular formula is C30H31F2N5O3S. The number of hydrogen-bond donors (Lipinski definition) is 2. The van der Waals surface area contributed by atoms with E-state index in [4.69, 9.17) is 19.4 Å². The molecule has 5 rings (SSSR count). The van der Waals surface area contributed by atoms with Gasteiger partial charge in [-0.25, -0.2) is 14.4 Å². The Labute approximate surface area is 241 Å². The molecule has 1 fully saturated rings. The van der Waals surface area contributed by atoms with Gasteiger partial charge in [0.25, 0.3) is 0 Å². The number of methoxy groups -OCH3 is 1. The first kappa shape index (κ1) is 28.6. The highest BCUT2D eigenvalue weighted by Gasteiger charge is 2.22. The van der Waals surface area contributed by atoms with E-state index in [2.05, 4.69) is 14.9 Å². The maximum atomic E-state index is 15.7. The summed E-state index contributed by atoms with van der Waals surface area (Å²) in [4.78, 5) is 23.4. The summed E-state index contributed by atoms with van der Waals surface area (Å²) in [6.45, 7) is 3.46. The zero-order valence-corrected chi connectivity index (χ0v) is 23.7. The van der Waals surface area contributed by atoms with Crippen molar-refractivity contribution in [2.75, 3.05) is 60.8 Å². The molecule has 0 spiro atoms. The van der Waals surface area contributed by atoms with Gasteiger partial charge >= 0.3 is 0 Å². The number of carbonyl (C=O) groups excluding carboxylic acids is 1. The van der Waals surface area contributed by atoms with Crippen LogP contribution in [0.1, 0.15) is 13.3 Å². The van der Waals surface area contributed by atoms with Gasteiger partial charge in [0.15, 0.2) is 11.6 Å². The number of hydrogen-bond acceptors (Lipinski definition) is 8. The number of benzene rings is 3. The average molecular weight is 580 g/mol. The molecule has 214 valence electrons. The number of carbonyl (C=O) groups is 1. The monoisotopic (exact) mass is 579 g/mol. The highest BCUT2D eigenvalue weighted by Crippen LogP contribution is 2.39. The number of amides is 1. The number of morpholine rings is 1. The second-order valence-electron chi connectivity index (χ2n) is 9.46. The molecular weight excluding hydrogens is 548 g/mol. The van der Waals surface area contributed by atoms with Crippen molar-refractivity contribution < 1.29 is 23.0 Å². The van der Waals surface area contributed by atoms with E-state index >= 15 is 4.39 Å². The standard InChI is InChI=1S/C30H31F2N5O3S/c1-19(38)33-22-9-7-20(8-10-22)29-34-28-24(30(35-29)37-12-14-40-15-13-37)17-21(18-26(28)39-2)23-5-3-6-25(27(23)32)36-41-16-4-11-31/h3,5-10,17-18,36H,4,11-16H2,1-2H3,(H,33,38). The molecule has 1 aliphatic rings. The van der Waals surface area contributed by atoms with Gasteiger partial charge in [-0.05, 0) is 54.4 Å². The zero-order chi connectivity index (χ0) is 28.8. The predicted molar refractivity (Wildman–Crippen MR) is 161 cm³/mol. The predicted octanol–water partition coefficient (Wildman–Crippen LogP) is 6.33. The Kier molecular flexibility index (Phi) is 9.15. The summed E-state index contributed by atoms with van der Waals surface area (Å²) in [6, 6.07) is 16.1. The first-order valence-electron chi connectivity index (χ1n) is 13.3. The van der Waals surface area contributed by atoms with Crippen molar-refractivity contribution in [1.29, 1.82) is 0 Å². The van der Waals surface area contributed by atoms with Crippen molar-refractivity contribution in [1.82, 2.24) is 9.97 Å². The zero-order valence-electron chi connectivity index (χ0n) is 22.9. The third-order valence-electron chi connectivity index (χ3n) is 6.61. The molecule has 0 unspecified atom stereocenters. The van der Waals surface area contributed by atoms with Crippen LogP contribution in [0.25, 0.3) is 33.4 Å². The van der Waals surface area contributed by atoms with Crippen LogP contribution >= 0.6 is 11.9 Å². The fourth-order valence-corrected chi connectivity index (χ4v) is 5.31. The van der Waals surface area contributed by atoms with E-state index in [-0.39, 0.29) is 5.91 Å². The number of fused-ring (bicyclic) bond motifs is 1. The van der Waals surface area contributed by atoms with Gasteiger partial charge in [-0.2, -0.15) is 0 Å². The third-order valence-corrected chi connectivity index (χ3v) is 7.47. The molecule has 1 amide bonds. The maximum absolute atomic E-state index is 15.7. The number of nitrogens with one attached hydrogen (secondary N) is 2. The summed E-state index contributed by atoms with van der Waals surface area (Å²) in [5, 5.41) is 3.50. The molecule has 4 aromatic rings. The van der Waals surface area contributed by atoms with Gasteiger partial charge < -0.3 is 24.4 Å². The van der Waals surface area contributed by atoms with Gasteiger partial charge in [0.2, 0.25) is 5.91 Å². The molecule has 0 radical (unpaired) electrons. The van der Waals surface area contributed by atoms with Crippen LogP contribution in [0.2, 0.25) is 0 Å². The van der Waals surface area contributed by atoms with E-state index in [9.17, 15) is 9.18 Å². The topological polar surface area (TPSA) is 88.6 Å². The lowest BCUT2D eigenvalue weighted by molar-refractivity contribution is -0.114. The van der Waals surface area contributed by atoms with Crippen LogP contribution in [0, 0.1) is 5.82 Å². The van der Waals surface area contributed by atoms with Crippen molar-refractivity contribution in [3.63, 3.8) is 0 Å². The van der Waals surface area contributed by atoms with Gasteiger partial charge in [0.1, 0.15) is 17.1 Å². The number of halogens is 2. The van der Waals surface area contributed by atoms with Gasteiger partial charge in [0.05, 0.1) is 32.7 Å². The van der Waals surface area contributed by atoms with Crippen LogP contribution in [-0.2, 0) is 9.53 Å². The van der Waals surface area contributed by atoms with E-state index in [1.807, 2.05) is 18.2 Å². The van der Waals surface area contributed by atoms with E-state index in [1.165, 1.54) is 18.9 Å². The lowest BCUT2D eigenvalue weighted by Crippen LogP contribution is -2.37. The van der Waals surface area contributed by atoms with Crippen molar-refractivity contribution in [2.24, 2.45) is 0 Å². The van der Waals surface area contributed by atoms with Crippen molar-refractivity contribution in [3.8, 4) is 28.3 Å². The molecule has 41 heavy (non-hydrogen) atoms. The van der Waals surface area contributed by atoms with Crippen LogP contribution in [0.15, 0.2) is 54.6 Å². The molecule has 0 atom stereocenters. The second kappa shape index (κ2) is 13.1. The number of nitrogens with zero attached hydrogens (tertiary/aromatic N) is 3. The molecule has 0 bridgehead atoms. The minimum absolute atomic E-state index is 0.150. The molecule has 8 nitrogen and oxygen atoms in total. The Balaban J connectivity index is 1.61. The smallest absolute Gasteiger partial charge is 0.221 e. The molecule has 1 aliphatic heterocycles. The van der Waals surface area contributed by atoms with Crippen LogP contribution in [-0.4, -0.2) is 61.7 Å². The normalized spacial score (nSPS) is 13.3. The maximum Gasteiger partial charge on any atom is 0.221 e. The first-order valence-corrected chi connectivity index (χ1v) is 14.3. The Morgan fingerprint density at radius 1 is 1.10 bits per heavy atom. The van der Waals surface area contributed by atoms with Gasteiger partial charge in [0, 0.05) is 48.0 Å². The lowest BCUT2D eigenvalue weighted by Gasteiger charge is -2.29. The fraction of sp³-hybridized carbons (Fsp3) is 0.300. The third kappa shape index (κ3) is 6.52. The van der Waals surface area contributed by atoms with Crippen molar-refractivity contribution in [2.45, 2.75) is 13.3 Å². The Morgan fingerprint density at radius 2 is 1.88 bits per heavy atom. The van der Waals surface area contributed by atoms with Crippen LogP contribution in [0.3, 0.4) is 0 Å². The van der Waals surface area contributed by atoms with E-state index in [1.54, 1.807) is 43.5 Å². The summed E-state index contributed by atoms with van der Waals surface area (Å²) in [5.74, 6) is 1.66. The summed E-state index contributed by atoms with van der Waals surface area (Å²) in [7, 11) is 1.56. The van der Waals surface area contributed by atoms with Gasteiger partial charge in [-0.1, -0.05) is 24.1 Å². The highest BCUT2D eigenvalue weighted by atomic mass is 32.2. The quantitative estimate of drug-likeness (QED) is 0.167. The second-order valence-corrected chi connectivity index (χ2v) is 10.4. The molecule has 2 N–H and O–H groups in total. The largest absolute Gasteiger partial charge is 0.494 e. The van der Waals surface area contributed by atoms with Crippen molar-refractivity contribution >= 4 is 46.0 Å². The molecule has 1 saturated heterocycles. The minimum Gasteiger partial charge on any atom is -0.494 e. The summed E-state index contributed by atoms with van der Waals surface area (Å²) >= 11 is 1.27. The molecule has 1 aromatic heterocycles. The number of aromatic nitrogens is 2. The fourth-order valence-electron chi connectivity index (χ4n) is 4.64. The molecule has 0 aliphatic carbocycles. The summed E-state index contributed by atoms with van der Waals surface area (Å²) in [6.07, 6.45) is 0.395. The van der Waals surface area contributed by atoms with Crippen LogP contribution in [0.4, 0.5) is 26.0 Å². The molecule has 2 heterocycles. The minimum atomic E-state index is -0.411. The van der Waals surface area contributed by atoms with Crippen LogP contribution in [0.5, 0.6) is 5.75 Å². The lowest BCUT2D eigenvalue weighted by atomic mass is 10.0. The number of alkyl halides is 1. The number of anilines is 3. The molecule has 0 saturated carbocycles. The number of rotatable bonds is 10. The van der Waals surface area contributed by atoms with Crippen molar-refractivity contribution in [3.05, 3.63) is 60.4 Å². The number of ether oxygens (including phenoxy) is 2. The highest BCUT2D eigenvalue weighted by molar-refractivity contribution is 8.00. The Bertz CT molecular complexity index is 1530.